The number of amides is 3. The summed E-state index contributed by atoms with van der Waals surface area (Å²) >= 11 is 4.03. The van der Waals surface area contributed by atoms with Gasteiger partial charge in [0.15, 0.2) is 4.80 Å². The van der Waals surface area contributed by atoms with E-state index in [1.807, 2.05) is 64.0 Å². The first-order chi connectivity index (χ1) is 15.6. The zero-order valence-corrected chi connectivity index (χ0v) is 23.0. The summed E-state index contributed by atoms with van der Waals surface area (Å²) in [4.78, 5) is 34.7. The molecule has 2 heterocycles. The highest BCUT2D eigenvalue weighted by Crippen LogP contribution is 2.31. The number of carbonyl (C=O) groups is 2. The van der Waals surface area contributed by atoms with Crippen molar-refractivity contribution < 1.29 is 9.59 Å². The molecule has 180 valence electrons. The van der Waals surface area contributed by atoms with Crippen molar-refractivity contribution in [2.45, 2.75) is 50.0 Å². The molecule has 1 atom stereocenters. The topological polar surface area (TPSA) is 78.7 Å². The van der Waals surface area contributed by atoms with E-state index in [9.17, 15) is 9.59 Å². The Labute approximate surface area is 213 Å². The Morgan fingerprint density at radius 1 is 1.21 bits per heavy atom. The molecule has 2 N–H and O–H groups in total. The summed E-state index contributed by atoms with van der Waals surface area (Å²) in [6, 6.07) is 6.78. The summed E-state index contributed by atoms with van der Waals surface area (Å²) < 4.78 is 2.98. The number of alkyl halides is 1. The lowest BCUT2D eigenvalue weighted by molar-refractivity contribution is -0.136. The number of carbonyl (C=O) groups excluding carboxylic acids is 2. The largest absolute Gasteiger partial charge is 0.341 e. The number of hydrogen-bond acceptors (Lipinski definition) is 4. The number of benzene rings is 1. The Balaban J connectivity index is 1.62. The van der Waals surface area contributed by atoms with Crippen molar-refractivity contribution >= 4 is 51.6 Å². The maximum atomic E-state index is 13.4. The molecule has 3 amide bonds. The molecule has 0 aliphatic carbocycles. The third-order valence-corrected chi connectivity index (χ3v) is 8.19. The summed E-state index contributed by atoms with van der Waals surface area (Å²) in [5, 5.41) is 5.80. The average Bonchev–Trinajstić information content (AvgIpc) is 3.17. The molecule has 2 aromatic rings. The number of rotatable bonds is 5. The Morgan fingerprint density at radius 2 is 1.85 bits per heavy atom. The standard InChI is InChI=1S/C24H34IN5O2S/c1-24(2,3)20(28-22(32)27-18-8-6-16(14-25)7-9-18)21(31)30-12-10-17(11-13-30)19-15-29(5)23(26-4)33-19/h6-9,15,17,20H,10-14H2,1-5H3,(H2,27,28,32)/b26-23-/t20-/m0/s1. The summed E-state index contributed by atoms with van der Waals surface area (Å²) in [6.07, 6.45) is 3.99. The SMILES string of the molecule is C/N=c1\sc(C2CCN(C(=O)[C@H](NC(=O)Nc3ccc(CI)cc3)C(C)(C)C)CC2)cn1C. The number of thiazole rings is 1. The first kappa shape index (κ1) is 25.7. The van der Waals surface area contributed by atoms with Crippen molar-refractivity contribution in [3.63, 3.8) is 0 Å². The smallest absolute Gasteiger partial charge is 0.319 e. The van der Waals surface area contributed by atoms with E-state index in [1.54, 1.807) is 11.3 Å². The number of urea groups is 1. The Bertz CT molecular complexity index is 1030. The number of nitrogens with one attached hydrogen (secondary N) is 2. The fraction of sp³-hybridized carbons (Fsp3) is 0.542. The predicted octanol–water partition coefficient (Wildman–Crippen LogP) is 4.49. The van der Waals surface area contributed by atoms with Gasteiger partial charge in [0.1, 0.15) is 6.04 Å². The highest BCUT2D eigenvalue weighted by Gasteiger charge is 2.37. The van der Waals surface area contributed by atoms with Gasteiger partial charge in [-0.3, -0.25) is 9.79 Å². The van der Waals surface area contributed by atoms with Crippen LogP contribution in [0.1, 0.15) is 50.0 Å². The molecule has 7 nitrogen and oxygen atoms in total. The van der Waals surface area contributed by atoms with Crippen molar-refractivity contribution in [3.8, 4) is 0 Å². The second-order valence-electron chi connectivity index (χ2n) is 9.58. The van der Waals surface area contributed by atoms with Gasteiger partial charge in [0.25, 0.3) is 0 Å². The minimum absolute atomic E-state index is 0.0163. The van der Waals surface area contributed by atoms with Crippen LogP contribution < -0.4 is 15.4 Å². The minimum atomic E-state index is -0.604. The number of piperidine rings is 1. The second kappa shape index (κ2) is 11.0. The summed E-state index contributed by atoms with van der Waals surface area (Å²) in [5.74, 6) is 0.424. The quantitative estimate of drug-likeness (QED) is 0.402. The summed E-state index contributed by atoms with van der Waals surface area (Å²) in [5.41, 5.74) is 1.50. The van der Waals surface area contributed by atoms with E-state index >= 15 is 0 Å². The number of halogens is 1. The monoisotopic (exact) mass is 583 g/mol. The molecule has 33 heavy (non-hydrogen) atoms. The molecule has 0 radical (unpaired) electrons. The third kappa shape index (κ3) is 6.59. The van der Waals surface area contributed by atoms with Crippen LogP contribution in [0.15, 0.2) is 35.5 Å². The van der Waals surface area contributed by atoms with E-state index in [0.717, 1.165) is 22.1 Å². The number of likely N-dealkylation sites (tertiary alicyclic amines) is 1. The molecule has 1 fully saturated rings. The van der Waals surface area contributed by atoms with Gasteiger partial charge in [0.05, 0.1) is 0 Å². The van der Waals surface area contributed by atoms with E-state index in [-0.39, 0.29) is 11.9 Å². The molecule has 0 unspecified atom stereocenters. The molecule has 1 aromatic heterocycles. The van der Waals surface area contributed by atoms with Gasteiger partial charge in [0.2, 0.25) is 5.91 Å². The molecule has 0 bridgehead atoms. The number of hydrogen-bond donors (Lipinski definition) is 2. The second-order valence-corrected chi connectivity index (χ2v) is 11.4. The molecule has 0 spiro atoms. The van der Waals surface area contributed by atoms with Crippen LogP contribution in [0.4, 0.5) is 10.5 Å². The molecule has 0 saturated carbocycles. The predicted molar refractivity (Wildman–Crippen MR) is 143 cm³/mol. The maximum absolute atomic E-state index is 13.4. The zero-order chi connectivity index (χ0) is 24.2. The van der Waals surface area contributed by atoms with Crippen molar-refractivity contribution in [1.82, 2.24) is 14.8 Å². The van der Waals surface area contributed by atoms with Crippen molar-refractivity contribution in [1.29, 1.82) is 0 Å². The van der Waals surface area contributed by atoms with Crippen molar-refractivity contribution in [2.24, 2.45) is 17.5 Å². The normalized spacial score (nSPS) is 16.5. The Hall–Kier alpha value is -1.88. The fourth-order valence-corrected chi connectivity index (χ4v) is 5.65. The zero-order valence-electron chi connectivity index (χ0n) is 20.0. The Morgan fingerprint density at radius 3 is 2.36 bits per heavy atom. The van der Waals surface area contributed by atoms with Gasteiger partial charge >= 0.3 is 6.03 Å². The van der Waals surface area contributed by atoms with Gasteiger partial charge in [-0.1, -0.05) is 55.5 Å². The van der Waals surface area contributed by atoms with Gasteiger partial charge in [-0.15, -0.1) is 11.3 Å². The van der Waals surface area contributed by atoms with Gasteiger partial charge in [-0.05, 0) is 41.9 Å². The van der Waals surface area contributed by atoms with Crippen LogP contribution in [-0.2, 0) is 16.3 Å². The van der Waals surface area contributed by atoms with Crippen LogP contribution in [0, 0.1) is 5.41 Å². The number of nitrogens with zero attached hydrogens (tertiary/aromatic N) is 3. The van der Waals surface area contributed by atoms with Gasteiger partial charge < -0.3 is 20.1 Å². The first-order valence-corrected chi connectivity index (χ1v) is 13.6. The lowest BCUT2D eigenvalue weighted by Gasteiger charge is -2.38. The summed E-state index contributed by atoms with van der Waals surface area (Å²) in [6.45, 7) is 7.34. The minimum Gasteiger partial charge on any atom is -0.341 e. The van der Waals surface area contributed by atoms with E-state index in [1.165, 1.54) is 10.4 Å². The van der Waals surface area contributed by atoms with Crippen LogP contribution in [0.2, 0.25) is 0 Å². The van der Waals surface area contributed by atoms with Crippen LogP contribution >= 0.6 is 33.9 Å². The lowest BCUT2D eigenvalue weighted by atomic mass is 9.85. The van der Waals surface area contributed by atoms with Crippen molar-refractivity contribution in [3.05, 3.63) is 45.7 Å². The van der Waals surface area contributed by atoms with E-state index in [2.05, 4.69) is 49.0 Å². The number of anilines is 1. The average molecular weight is 584 g/mol. The van der Waals surface area contributed by atoms with Gasteiger partial charge in [-0.2, -0.15) is 0 Å². The molecule has 1 aliphatic rings. The maximum Gasteiger partial charge on any atom is 0.319 e. The van der Waals surface area contributed by atoms with Crippen molar-refractivity contribution in [2.75, 3.05) is 25.5 Å². The molecule has 9 heteroatoms. The molecule has 1 aromatic carbocycles. The van der Waals surface area contributed by atoms with E-state index in [0.29, 0.717) is 24.7 Å². The molecule has 1 aliphatic heterocycles. The lowest BCUT2D eigenvalue weighted by Crippen LogP contribution is -2.56. The molecular weight excluding hydrogens is 549 g/mol. The Kier molecular flexibility index (Phi) is 8.60. The number of aryl methyl sites for hydroxylation is 1. The highest BCUT2D eigenvalue weighted by atomic mass is 127. The molecule has 1 saturated heterocycles. The molecular formula is C24H34IN5O2S. The number of aromatic nitrogens is 1. The first-order valence-electron chi connectivity index (χ1n) is 11.2. The summed E-state index contributed by atoms with van der Waals surface area (Å²) in [7, 11) is 3.83. The van der Waals surface area contributed by atoms with Gasteiger partial charge in [0, 0.05) is 48.4 Å². The van der Waals surface area contributed by atoms with Gasteiger partial charge in [-0.25, -0.2) is 4.79 Å². The van der Waals surface area contributed by atoms with Crippen LogP contribution in [0.5, 0.6) is 0 Å². The van der Waals surface area contributed by atoms with Crippen LogP contribution in [0.3, 0.4) is 0 Å². The van der Waals surface area contributed by atoms with Crippen LogP contribution in [-0.4, -0.2) is 47.6 Å². The highest BCUT2D eigenvalue weighted by molar-refractivity contribution is 14.1. The molecule has 3 rings (SSSR count). The van der Waals surface area contributed by atoms with E-state index < -0.39 is 11.5 Å². The fourth-order valence-electron chi connectivity index (χ4n) is 4.03. The van der Waals surface area contributed by atoms with Crippen LogP contribution in [0.25, 0.3) is 0 Å². The van der Waals surface area contributed by atoms with E-state index in [4.69, 9.17) is 0 Å². The third-order valence-electron chi connectivity index (χ3n) is 5.99.